The number of aliphatic carboxylic acids is 1. The Hall–Kier alpha value is -1.88. The van der Waals surface area contributed by atoms with Crippen molar-refractivity contribution in [2.75, 3.05) is 13.6 Å². The Morgan fingerprint density at radius 2 is 1.86 bits per heavy atom. The summed E-state index contributed by atoms with van der Waals surface area (Å²) < 4.78 is 0. The zero-order valence-electron chi connectivity index (χ0n) is 12.7. The van der Waals surface area contributed by atoms with Crippen LogP contribution in [0, 0.1) is 0 Å². The number of carboxylic acids is 1. The molecule has 1 aromatic carbocycles. The predicted molar refractivity (Wildman–Crippen MR) is 79.9 cm³/mol. The standard InChI is InChI=1S/C16H22N2O3/c1-11(15(19)17(3)12(2)16(20)21)18-9-8-13-6-4-5-7-14(13)10-18/h4-7,11-12H,8-10H2,1-3H3,(H,20,21)/t11-,12+/m0/s1. The zero-order chi connectivity index (χ0) is 15.6. The summed E-state index contributed by atoms with van der Waals surface area (Å²) in [4.78, 5) is 26.8. The second-order valence-corrected chi connectivity index (χ2v) is 5.63. The minimum Gasteiger partial charge on any atom is -0.480 e. The second kappa shape index (κ2) is 6.26. The van der Waals surface area contributed by atoms with Crippen molar-refractivity contribution in [3.05, 3.63) is 35.4 Å². The third-order valence-electron chi connectivity index (χ3n) is 4.35. The van der Waals surface area contributed by atoms with Gasteiger partial charge in [-0.15, -0.1) is 0 Å². The van der Waals surface area contributed by atoms with Crippen molar-refractivity contribution in [1.82, 2.24) is 9.80 Å². The fraction of sp³-hybridized carbons (Fsp3) is 0.500. The first kappa shape index (κ1) is 15.5. The largest absolute Gasteiger partial charge is 0.480 e. The van der Waals surface area contributed by atoms with E-state index in [2.05, 4.69) is 17.0 Å². The number of carbonyl (C=O) groups is 2. The number of nitrogens with zero attached hydrogens (tertiary/aromatic N) is 2. The van der Waals surface area contributed by atoms with Gasteiger partial charge in [-0.2, -0.15) is 0 Å². The Morgan fingerprint density at radius 1 is 1.24 bits per heavy atom. The molecule has 0 radical (unpaired) electrons. The molecule has 0 aromatic heterocycles. The first-order valence-corrected chi connectivity index (χ1v) is 7.22. The maximum atomic E-state index is 12.4. The molecule has 0 aliphatic carbocycles. The van der Waals surface area contributed by atoms with Crippen LogP contribution in [0.15, 0.2) is 24.3 Å². The fourth-order valence-electron chi connectivity index (χ4n) is 2.66. The quantitative estimate of drug-likeness (QED) is 0.909. The summed E-state index contributed by atoms with van der Waals surface area (Å²) in [7, 11) is 1.55. The molecular weight excluding hydrogens is 268 g/mol. The molecule has 21 heavy (non-hydrogen) atoms. The number of hydrogen-bond donors (Lipinski definition) is 1. The van der Waals surface area contributed by atoms with Crippen LogP contribution in [-0.2, 0) is 22.6 Å². The predicted octanol–water partition coefficient (Wildman–Crippen LogP) is 1.36. The highest BCUT2D eigenvalue weighted by molar-refractivity contribution is 5.86. The van der Waals surface area contributed by atoms with Gasteiger partial charge in [0.15, 0.2) is 0 Å². The van der Waals surface area contributed by atoms with Crippen molar-refractivity contribution in [3.8, 4) is 0 Å². The first-order chi connectivity index (χ1) is 9.91. The molecular formula is C16H22N2O3. The summed E-state index contributed by atoms with van der Waals surface area (Å²) in [5.74, 6) is -1.13. The molecule has 0 bridgehead atoms. The molecule has 1 heterocycles. The highest BCUT2D eigenvalue weighted by Crippen LogP contribution is 2.21. The van der Waals surface area contributed by atoms with Crippen LogP contribution in [-0.4, -0.2) is 52.5 Å². The molecule has 114 valence electrons. The van der Waals surface area contributed by atoms with E-state index >= 15 is 0 Å². The summed E-state index contributed by atoms with van der Waals surface area (Å²) in [6.45, 7) is 4.93. The Morgan fingerprint density at radius 3 is 2.48 bits per heavy atom. The lowest BCUT2D eigenvalue weighted by Crippen LogP contribution is -2.51. The van der Waals surface area contributed by atoms with E-state index in [4.69, 9.17) is 5.11 Å². The van der Waals surface area contributed by atoms with E-state index in [9.17, 15) is 9.59 Å². The van der Waals surface area contributed by atoms with Gasteiger partial charge in [-0.25, -0.2) is 4.79 Å². The van der Waals surface area contributed by atoms with Crippen molar-refractivity contribution in [3.63, 3.8) is 0 Å². The molecule has 0 fully saturated rings. The monoisotopic (exact) mass is 290 g/mol. The SMILES string of the molecule is C[C@H](C(=O)O)N(C)C(=O)[C@H](C)N1CCc2ccccc2C1. The van der Waals surface area contributed by atoms with Crippen LogP contribution in [0.2, 0.25) is 0 Å². The van der Waals surface area contributed by atoms with E-state index in [-0.39, 0.29) is 11.9 Å². The van der Waals surface area contributed by atoms with Gasteiger partial charge in [-0.3, -0.25) is 9.69 Å². The molecule has 5 heteroatoms. The molecule has 1 aliphatic heterocycles. The van der Waals surface area contributed by atoms with Crippen LogP contribution >= 0.6 is 0 Å². The van der Waals surface area contributed by atoms with Gasteiger partial charge < -0.3 is 10.0 Å². The van der Waals surface area contributed by atoms with E-state index < -0.39 is 12.0 Å². The highest BCUT2D eigenvalue weighted by Gasteiger charge is 2.30. The van der Waals surface area contributed by atoms with Crippen molar-refractivity contribution in [2.45, 2.75) is 38.9 Å². The number of rotatable bonds is 4. The molecule has 1 aliphatic rings. The zero-order valence-corrected chi connectivity index (χ0v) is 12.7. The average Bonchev–Trinajstić information content (AvgIpc) is 2.51. The van der Waals surface area contributed by atoms with Crippen LogP contribution in [0.1, 0.15) is 25.0 Å². The molecule has 0 spiro atoms. The number of amides is 1. The molecule has 0 saturated heterocycles. The smallest absolute Gasteiger partial charge is 0.326 e. The van der Waals surface area contributed by atoms with E-state index in [0.29, 0.717) is 0 Å². The summed E-state index contributed by atoms with van der Waals surface area (Å²) in [5, 5.41) is 9.02. The Bertz CT molecular complexity index is 544. The Balaban J connectivity index is 2.06. The molecule has 1 amide bonds. The molecule has 1 N–H and O–H groups in total. The number of carbonyl (C=O) groups excluding carboxylic acids is 1. The molecule has 2 rings (SSSR count). The minimum atomic E-state index is -0.984. The summed E-state index contributed by atoms with van der Waals surface area (Å²) >= 11 is 0. The summed E-state index contributed by atoms with van der Waals surface area (Å²) in [6, 6.07) is 7.13. The lowest BCUT2D eigenvalue weighted by Gasteiger charge is -2.35. The Labute approximate surface area is 125 Å². The maximum absolute atomic E-state index is 12.4. The van der Waals surface area contributed by atoms with Crippen LogP contribution < -0.4 is 0 Å². The van der Waals surface area contributed by atoms with Gasteiger partial charge in [0, 0.05) is 20.1 Å². The number of likely N-dealkylation sites (N-methyl/N-ethyl adjacent to an activating group) is 1. The van der Waals surface area contributed by atoms with Gasteiger partial charge in [0.1, 0.15) is 6.04 Å². The number of carboxylic acid groups (broad SMARTS) is 1. The number of hydrogen-bond acceptors (Lipinski definition) is 3. The Kier molecular flexibility index (Phi) is 4.63. The molecule has 0 unspecified atom stereocenters. The van der Waals surface area contributed by atoms with E-state index in [1.54, 1.807) is 7.05 Å². The third-order valence-corrected chi connectivity index (χ3v) is 4.35. The van der Waals surface area contributed by atoms with Crippen LogP contribution in [0.3, 0.4) is 0 Å². The normalized spacial score (nSPS) is 17.7. The van der Waals surface area contributed by atoms with Crippen LogP contribution in [0.4, 0.5) is 0 Å². The number of benzene rings is 1. The second-order valence-electron chi connectivity index (χ2n) is 5.63. The van der Waals surface area contributed by atoms with Gasteiger partial charge in [0.25, 0.3) is 0 Å². The van der Waals surface area contributed by atoms with Gasteiger partial charge in [0.05, 0.1) is 6.04 Å². The number of fused-ring (bicyclic) bond motifs is 1. The minimum absolute atomic E-state index is 0.149. The summed E-state index contributed by atoms with van der Waals surface area (Å²) in [5.41, 5.74) is 2.58. The third kappa shape index (κ3) is 3.24. The average molecular weight is 290 g/mol. The van der Waals surface area contributed by atoms with Gasteiger partial charge in [-0.1, -0.05) is 24.3 Å². The van der Waals surface area contributed by atoms with E-state index in [1.807, 2.05) is 19.1 Å². The van der Waals surface area contributed by atoms with Crippen molar-refractivity contribution < 1.29 is 14.7 Å². The summed E-state index contributed by atoms with van der Waals surface area (Å²) in [6.07, 6.45) is 0.923. The van der Waals surface area contributed by atoms with E-state index in [0.717, 1.165) is 19.5 Å². The maximum Gasteiger partial charge on any atom is 0.326 e. The molecule has 5 nitrogen and oxygen atoms in total. The topological polar surface area (TPSA) is 60.9 Å². The van der Waals surface area contributed by atoms with Crippen molar-refractivity contribution >= 4 is 11.9 Å². The van der Waals surface area contributed by atoms with Gasteiger partial charge >= 0.3 is 5.97 Å². The lowest BCUT2D eigenvalue weighted by molar-refractivity contribution is -0.150. The van der Waals surface area contributed by atoms with Crippen molar-refractivity contribution in [2.24, 2.45) is 0 Å². The van der Waals surface area contributed by atoms with Crippen molar-refractivity contribution in [1.29, 1.82) is 0 Å². The first-order valence-electron chi connectivity index (χ1n) is 7.22. The fourth-order valence-corrected chi connectivity index (χ4v) is 2.66. The molecule has 2 atom stereocenters. The van der Waals surface area contributed by atoms with E-state index in [1.165, 1.54) is 23.0 Å². The highest BCUT2D eigenvalue weighted by atomic mass is 16.4. The van der Waals surface area contributed by atoms with Crippen LogP contribution in [0.5, 0.6) is 0 Å². The van der Waals surface area contributed by atoms with Gasteiger partial charge in [-0.05, 0) is 31.4 Å². The molecule has 0 saturated carbocycles. The lowest BCUT2D eigenvalue weighted by atomic mass is 9.98. The van der Waals surface area contributed by atoms with Crippen LogP contribution in [0.25, 0.3) is 0 Å². The molecule has 1 aromatic rings. The van der Waals surface area contributed by atoms with Gasteiger partial charge in [0.2, 0.25) is 5.91 Å².